The van der Waals surface area contributed by atoms with Crippen LogP contribution in [-0.4, -0.2) is 71.3 Å². The molecule has 0 aliphatic heterocycles. The third kappa shape index (κ3) is 8.73. The van der Waals surface area contributed by atoms with E-state index in [4.69, 9.17) is 0 Å². The average Bonchev–Trinajstić information content (AvgIpc) is 2.68. The number of rotatable bonds is 12. The molecule has 4 N–H and O–H groups in total. The molecule has 1 aromatic heterocycles. The Bertz CT molecular complexity index is 817. The summed E-state index contributed by atoms with van der Waals surface area (Å²) in [7, 11) is -6.67. The molecule has 28 heavy (non-hydrogen) atoms. The van der Waals surface area contributed by atoms with Crippen molar-refractivity contribution in [3.05, 3.63) is 29.6 Å². The highest BCUT2D eigenvalue weighted by Gasteiger charge is 2.13. The van der Waals surface area contributed by atoms with E-state index in [1.165, 1.54) is 32.0 Å². The van der Waals surface area contributed by atoms with Gasteiger partial charge in [0, 0.05) is 26.2 Å². The van der Waals surface area contributed by atoms with E-state index in [9.17, 15) is 26.4 Å². The van der Waals surface area contributed by atoms with Gasteiger partial charge in [-0.25, -0.2) is 31.3 Å². The van der Waals surface area contributed by atoms with Crippen LogP contribution >= 0.6 is 0 Å². The summed E-state index contributed by atoms with van der Waals surface area (Å²) in [6.07, 6.45) is 0. The Morgan fingerprint density at radius 1 is 0.786 bits per heavy atom. The molecule has 0 atom stereocenters. The molecule has 1 rings (SSSR count). The van der Waals surface area contributed by atoms with Crippen molar-refractivity contribution in [1.82, 2.24) is 25.1 Å². The maximum absolute atomic E-state index is 12.1. The van der Waals surface area contributed by atoms with E-state index >= 15 is 0 Å². The molecule has 0 saturated carbocycles. The second-order valence-corrected chi connectivity index (χ2v) is 9.71. The van der Waals surface area contributed by atoms with Crippen molar-refractivity contribution in [3.8, 4) is 0 Å². The van der Waals surface area contributed by atoms with Crippen molar-refractivity contribution in [3.63, 3.8) is 0 Å². The van der Waals surface area contributed by atoms with E-state index < -0.39 is 31.9 Å². The summed E-state index contributed by atoms with van der Waals surface area (Å²) in [5.41, 5.74) is -0.00429. The molecular weight excluding hydrogens is 410 g/mol. The predicted octanol–water partition coefficient (Wildman–Crippen LogP) is -1.58. The number of aromatic nitrogens is 1. The maximum Gasteiger partial charge on any atom is 0.269 e. The van der Waals surface area contributed by atoms with E-state index in [0.717, 1.165) is 0 Å². The Balaban J connectivity index is 2.51. The van der Waals surface area contributed by atoms with Crippen molar-refractivity contribution in [1.29, 1.82) is 0 Å². The van der Waals surface area contributed by atoms with Crippen LogP contribution in [0.4, 0.5) is 0 Å². The highest BCUT2D eigenvalue weighted by molar-refractivity contribution is 7.89. The van der Waals surface area contributed by atoms with Gasteiger partial charge >= 0.3 is 0 Å². The zero-order valence-electron chi connectivity index (χ0n) is 15.7. The summed E-state index contributed by atoms with van der Waals surface area (Å²) in [5.74, 6) is -1.22. The average molecular weight is 436 g/mol. The number of amides is 2. The fourth-order valence-corrected chi connectivity index (χ4v) is 3.07. The topological polar surface area (TPSA) is 163 Å². The van der Waals surface area contributed by atoms with Gasteiger partial charge in [0.25, 0.3) is 11.8 Å². The van der Waals surface area contributed by atoms with E-state index in [0.29, 0.717) is 0 Å². The van der Waals surface area contributed by atoms with Crippen LogP contribution in [0.1, 0.15) is 34.8 Å². The van der Waals surface area contributed by atoms with Gasteiger partial charge in [0.2, 0.25) is 20.0 Å². The number of carbonyl (C=O) groups is 2. The first-order chi connectivity index (χ1) is 13.1. The van der Waals surface area contributed by atoms with Crippen molar-refractivity contribution < 1.29 is 26.4 Å². The summed E-state index contributed by atoms with van der Waals surface area (Å²) in [4.78, 5) is 28.1. The molecule has 0 fully saturated rings. The summed E-state index contributed by atoms with van der Waals surface area (Å²) < 4.78 is 49.8. The van der Waals surface area contributed by atoms with Gasteiger partial charge in [0.1, 0.15) is 11.4 Å². The molecule has 0 bridgehead atoms. The summed E-state index contributed by atoms with van der Waals surface area (Å²) in [6.45, 7) is 3.20. The van der Waals surface area contributed by atoms with Crippen LogP contribution in [0.15, 0.2) is 18.2 Å². The number of nitrogens with zero attached hydrogens (tertiary/aromatic N) is 1. The molecule has 1 heterocycles. The minimum Gasteiger partial charge on any atom is -0.349 e. The number of nitrogens with one attached hydrogen (secondary N) is 4. The van der Waals surface area contributed by atoms with Gasteiger partial charge < -0.3 is 10.6 Å². The van der Waals surface area contributed by atoms with Crippen molar-refractivity contribution in [2.45, 2.75) is 13.8 Å². The molecule has 11 nitrogen and oxygen atoms in total. The standard InChI is InChI=1S/C15H25N5O6S2/c1-3-27(23,24)18-10-8-16-14(21)12-6-5-7-13(20-12)15(22)17-9-11-19-28(25,26)4-2/h5-7,18-19H,3-4,8-11H2,1-2H3,(H,16,21)(H,17,22). The Morgan fingerprint density at radius 2 is 1.18 bits per heavy atom. The number of hydrogen-bond donors (Lipinski definition) is 4. The Morgan fingerprint density at radius 3 is 1.54 bits per heavy atom. The summed E-state index contributed by atoms with van der Waals surface area (Å²) in [6, 6.07) is 4.31. The number of sulfonamides is 2. The molecule has 0 aliphatic rings. The van der Waals surface area contributed by atoms with Gasteiger partial charge in [-0.2, -0.15) is 0 Å². The van der Waals surface area contributed by atoms with Crippen LogP contribution in [-0.2, 0) is 20.0 Å². The third-order valence-electron chi connectivity index (χ3n) is 3.44. The molecule has 0 aromatic carbocycles. The van der Waals surface area contributed by atoms with Gasteiger partial charge in [-0.3, -0.25) is 9.59 Å². The molecule has 13 heteroatoms. The lowest BCUT2D eigenvalue weighted by Gasteiger charge is -2.08. The molecule has 2 amide bonds. The SMILES string of the molecule is CCS(=O)(=O)NCCNC(=O)c1cccc(C(=O)NCCNS(=O)(=O)CC)n1. The van der Waals surface area contributed by atoms with Crippen LogP contribution in [0.3, 0.4) is 0 Å². The van der Waals surface area contributed by atoms with E-state index in [1.807, 2.05) is 0 Å². The van der Waals surface area contributed by atoms with Crippen LogP contribution in [0.25, 0.3) is 0 Å². The van der Waals surface area contributed by atoms with E-state index in [1.54, 1.807) is 0 Å². The Kier molecular flexibility index (Phi) is 9.45. The minimum absolute atomic E-state index is 0.00214. The molecule has 0 aliphatic carbocycles. The quantitative estimate of drug-likeness (QED) is 0.288. The van der Waals surface area contributed by atoms with Crippen molar-refractivity contribution in [2.24, 2.45) is 0 Å². The van der Waals surface area contributed by atoms with Gasteiger partial charge in [0.05, 0.1) is 11.5 Å². The van der Waals surface area contributed by atoms with Crippen molar-refractivity contribution in [2.75, 3.05) is 37.7 Å². The van der Waals surface area contributed by atoms with E-state index in [-0.39, 0.29) is 49.1 Å². The van der Waals surface area contributed by atoms with E-state index in [2.05, 4.69) is 25.1 Å². The summed E-state index contributed by atoms with van der Waals surface area (Å²) in [5, 5.41) is 5.00. The second kappa shape index (κ2) is 11.0. The Hall–Kier alpha value is -2.09. The lowest BCUT2D eigenvalue weighted by molar-refractivity contribution is 0.0945. The lowest BCUT2D eigenvalue weighted by Crippen LogP contribution is -2.36. The third-order valence-corrected chi connectivity index (χ3v) is 6.25. The zero-order valence-corrected chi connectivity index (χ0v) is 17.3. The first kappa shape index (κ1) is 23.9. The molecular formula is C15H25N5O6S2. The largest absolute Gasteiger partial charge is 0.349 e. The Labute approximate surface area is 164 Å². The van der Waals surface area contributed by atoms with Crippen LogP contribution < -0.4 is 20.1 Å². The van der Waals surface area contributed by atoms with Crippen molar-refractivity contribution >= 4 is 31.9 Å². The molecule has 0 unspecified atom stereocenters. The molecule has 0 radical (unpaired) electrons. The minimum atomic E-state index is -3.33. The van der Waals surface area contributed by atoms with Crippen LogP contribution in [0.2, 0.25) is 0 Å². The number of pyridine rings is 1. The fourth-order valence-electron chi connectivity index (χ4n) is 1.84. The monoisotopic (exact) mass is 435 g/mol. The smallest absolute Gasteiger partial charge is 0.269 e. The first-order valence-electron chi connectivity index (χ1n) is 8.58. The molecule has 0 spiro atoms. The second-order valence-electron chi connectivity index (χ2n) is 5.52. The number of carbonyl (C=O) groups excluding carboxylic acids is 2. The normalized spacial score (nSPS) is 11.8. The predicted molar refractivity (Wildman–Crippen MR) is 104 cm³/mol. The first-order valence-corrected chi connectivity index (χ1v) is 11.9. The molecule has 0 saturated heterocycles. The fraction of sp³-hybridized carbons (Fsp3) is 0.533. The highest BCUT2D eigenvalue weighted by atomic mass is 32.2. The molecule has 158 valence electrons. The van der Waals surface area contributed by atoms with Gasteiger partial charge in [-0.1, -0.05) is 6.07 Å². The van der Waals surface area contributed by atoms with Gasteiger partial charge in [-0.05, 0) is 26.0 Å². The highest BCUT2D eigenvalue weighted by Crippen LogP contribution is 2.00. The summed E-state index contributed by atoms with van der Waals surface area (Å²) >= 11 is 0. The van der Waals surface area contributed by atoms with Crippen LogP contribution in [0, 0.1) is 0 Å². The van der Waals surface area contributed by atoms with Gasteiger partial charge in [0.15, 0.2) is 0 Å². The molecule has 1 aromatic rings. The number of hydrogen-bond acceptors (Lipinski definition) is 7. The maximum atomic E-state index is 12.1. The van der Waals surface area contributed by atoms with Crippen LogP contribution in [0.5, 0.6) is 0 Å². The lowest BCUT2D eigenvalue weighted by atomic mass is 10.2. The zero-order chi connectivity index (χ0) is 21.2. The van der Waals surface area contributed by atoms with Gasteiger partial charge in [-0.15, -0.1) is 0 Å².